The smallest absolute Gasteiger partial charge is 0.270 e. The number of nitro groups is 1. The molecule has 0 saturated heterocycles. The van der Waals surface area contributed by atoms with E-state index in [1.807, 2.05) is 0 Å². The van der Waals surface area contributed by atoms with E-state index in [1.54, 1.807) is 0 Å². The lowest BCUT2D eigenvalue weighted by Gasteiger charge is -1.97. The minimum atomic E-state index is -0.708. The lowest BCUT2D eigenvalue weighted by molar-refractivity contribution is -0.384. The van der Waals surface area contributed by atoms with Crippen LogP contribution < -0.4 is 5.73 Å². The molecule has 0 aliphatic rings. The first-order valence-electron chi connectivity index (χ1n) is 3.26. The van der Waals surface area contributed by atoms with E-state index in [0.29, 0.717) is 0 Å². The molecule has 0 saturated carbocycles. The van der Waals surface area contributed by atoms with Gasteiger partial charge in [-0.05, 0) is 6.07 Å². The molecule has 0 radical (unpaired) electrons. The van der Waals surface area contributed by atoms with Crippen LogP contribution in [0, 0.1) is 10.1 Å². The number of rotatable bonds is 2. The van der Waals surface area contributed by atoms with E-state index >= 15 is 0 Å². The minimum Gasteiger partial charge on any atom is -0.366 e. The van der Waals surface area contributed by atoms with E-state index in [2.05, 4.69) is 0 Å². The second-order valence-corrected chi connectivity index (χ2v) is 2.69. The highest BCUT2D eigenvalue weighted by molar-refractivity contribution is 6.34. The second kappa shape index (κ2) is 3.40. The lowest BCUT2D eigenvalue weighted by atomic mass is 10.2. The molecule has 0 aliphatic heterocycles. The van der Waals surface area contributed by atoms with Crippen LogP contribution in [-0.4, -0.2) is 10.8 Å². The molecule has 2 N–H and O–H groups in total. The summed E-state index contributed by atoms with van der Waals surface area (Å²) in [6, 6.07) is 3.48. The zero-order valence-electron chi connectivity index (χ0n) is 6.36. The van der Waals surface area contributed by atoms with Crippen LogP contribution in [0.5, 0.6) is 0 Å². The average Bonchev–Trinajstić information content (AvgIpc) is 2.03. The number of benzene rings is 1. The van der Waals surface area contributed by atoms with Crippen LogP contribution in [-0.2, 0) is 0 Å². The molecule has 1 aromatic carbocycles. The molecule has 68 valence electrons. The van der Waals surface area contributed by atoms with E-state index in [1.165, 1.54) is 12.1 Å². The molecule has 0 unspecified atom stereocenters. The van der Waals surface area contributed by atoms with Crippen molar-refractivity contribution in [3.05, 3.63) is 38.9 Å². The SMILES string of the molecule is NC(=O)c1ccc([N+](=O)[O-])cc1Cl. The summed E-state index contributed by atoms with van der Waals surface area (Å²) in [5, 5.41) is 10.3. The Balaban J connectivity index is 3.20. The number of carbonyl (C=O) groups excluding carboxylic acids is 1. The quantitative estimate of drug-likeness (QED) is 0.577. The molecule has 13 heavy (non-hydrogen) atoms. The third-order valence-corrected chi connectivity index (χ3v) is 1.74. The molecular formula is C7H5ClN2O3. The van der Waals surface area contributed by atoms with Crippen molar-refractivity contribution in [3.63, 3.8) is 0 Å². The molecule has 1 amide bonds. The summed E-state index contributed by atoms with van der Waals surface area (Å²) < 4.78 is 0. The van der Waals surface area contributed by atoms with Gasteiger partial charge in [-0.15, -0.1) is 0 Å². The molecule has 1 aromatic rings. The van der Waals surface area contributed by atoms with E-state index in [4.69, 9.17) is 17.3 Å². The summed E-state index contributed by atoms with van der Waals surface area (Å²) in [6.07, 6.45) is 0. The average molecular weight is 201 g/mol. The number of hydrogen-bond acceptors (Lipinski definition) is 3. The number of carbonyl (C=O) groups is 1. The van der Waals surface area contributed by atoms with Gasteiger partial charge in [0.15, 0.2) is 0 Å². The number of non-ortho nitro benzene ring substituents is 1. The van der Waals surface area contributed by atoms with Gasteiger partial charge < -0.3 is 5.73 Å². The number of amides is 1. The molecule has 0 fully saturated rings. The number of nitrogens with zero attached hydrogens (tertiary/aromatic N) is 1. The molecule has 1 rings (SSSR count). The van der Waals surface area contributed by atoms with Crippen molar-refractivity contribution in [2.45, 2.75) is 0 Å². The number of primary amides is 1. The summed E-state index contributed by atoms with van der Waals surface area (Å²) in [7, 11) is 0. The molecule has 0 heterocycles. The fraction of sp³-hybridized carbons (Fsp3) is 0. The highest BCUT2D eigenvalue weighted by Gasteiger charge is 2.11. The van der Waals surface area contributed by atoms with Gasteiger partial charge in [-0.25, -0.2) is 0 Å². The van der Waals surface area contributed by atoms with Gasteiger partial charge in [0.05, 0.1) is 15.5 Å². The fourth-order valence-electron chi connectivity index (χ4n) is 0.817. The van der Waals surface area contributed by atoms with Crippen molar-refractivity contribution in [1.29, 1.82) is 0 Å². The Kier molecular flexibility index (Phi) is 2.48. The fourth-order valence-corrected chi connectivity index (χ4v) is 1.09. The molecule has 5 nitrogen and oxygen atoms in total. The zero-order chi connectivity index (χ0) is 10.0. The van der Waals surface area contributed by atoms with Crippen molar-refractivity contribution >= 4 is 23.2 Å². The van der Waals surface area contributed by atoms with Gasteiger partial charge in [-0.1, -0.05) is 11.6 Å². The van der Waals surface area contributed by atoms with Crippen molar-refractivity contribution in [1.82, 2.24) is 0 Å². The van der Waals surface area contributed by atoms with Crippen LogP contribution in [0.3, 0.4) is 0 Å². The number of halogens is 1. The van der Waals surface area contributed by atoms with Gasteiger partial charge in [0.25, 0.3) is 5.69 Å². The number of hydrogen-bond donors (Lipinski definition) is 1. The summed E-state index contributed by atoms with van der Waals surface area (Å²) >= 11 is 5.56. The first-order chi connectivity index (χ1) is 6.02. The summed E-state index contributed by atoms with van der Waals surface area (Å²) in [5.41, 5.74) is 4.85. The molecule has 0 aromatic heterocycles. The maximum atomic E-state index is 10.7. The van der Waals surface area contributed by atoms with Crippen LogP contribution in [0.25, 0.3) is 0 Å². The third kappa shape index (κ3) is 1.94. The first-order valence-corrected chi connectivity index (χ1v) is 3.64. The normalized spacial score (nSPS) is 9.62. The molecule has 6 heteroatoms. The highest BCUT2D eigenvalue weighted by atomic mass is 35.5. The van der Waals surface area contributed by atoms with Crippen LogP contribution in [0.2, 0.25) is 5.02 Å². The Labute approximate surface area is 78.3 Å². The Bertz CT molecular complexity index is 378. The largest absolute Gasteiger partial charge is 0.366 e. The van der Waals surface area contributed by atoms with E-state index in [9.17, 15) is 14.9 Å². The summed E-state index contributed by atoms with van der Waals surface area (Å²) in [4.78, 5) is 20.3. The van der Waals surface area contributed by atoms with Gasteiger partial charge in [0, 0.05) is 12.1 Å². The first kappa shape index (κ1) is 9.47. The van der Waals surface area contributed by atoms with Gasteiger partial charge in [-0.2, -0.15) is 0 Å². The Morgan fingerprint density at radius 1 is 1.54 bits per heavy atom. The Morgan fingerprint density at radius 2 is 2.15 bits per heavy atom. The van der Waals surface area contributed by atoms with Crippen LogP contribution in [0.1, 0.15) is 10.4 Å². The topological polar surface area (TPSA) is 86.2 Å². The standard InChI is InChI=1S/C7H5ClN2O3/c8-6-3-4(10(12)13)1-2-5(6)7(9)11/h1-3H,(H2,9,11). The maximum absolute atomic E-state index is 10.7. The van der Waals surface area contributed by atoms with Crippen LogP contribution in [0.4, 0.5) is 5.69 Å². The monoisotopic (exact) mass is 200 g/mol. The molecule has 0 spiro atoms. The van der Waals surface area contributed by atoms with Crippen molar-refractivity contribution < 1.29 is 9.72 Å². The van der Waals surface area contributed by atoms with Crippen molar-refractivity contribution in [2.75, 3.05) is 0 Å². The second-order valence-electron chi connectivity index (χ2n) is 2.29. The van der Waals surface area contributed by atoms with E-state index < -0.39 is 10.8 Å². The van der Waals surface area contributed by atoms with E-state index in [0.717, 1.165) is 6.07 Å². The Hall–Kier alpha value is -1.62. The molecular weight excluding hydrogens is 196 g/mol. The molecule has 0 aliphatic carbocycles. The predicted octanol–water partition coefficient (Wildman–Crippen LogP) is 1.35. The maximum Gasteiger partial charge on any atom is 0.270 e. The summed E-state index contributed by atoms with van der Waals surface area (Å²) in [5.74, 6) is -0.708. The van der Waals surface area contributed by atoms with Crippen molar-refractivity contribution in [3.8, 4) is 0 Å². The van der Waals surface area contributed by atoms with E-state index in [-0.39, 0.29) is 16.3 Å². The van der Waals surface area contributed by atoms with Gasteiger partial charge >= 0.3 is 0 Å². The van der Waals surface area contributed by atoms with Gasteiger partial charge in [-0.3, -0.25) is 14.9 Å². The lowest BCUT2D eigenvalue weighted by Crippen LogP contribution is -2.11. The predicted molar refractivity (Wildman–Crippen MR) is 46.6 cm³/mol. The Morgan fingerprint density at radius 3 is 2.54 bits per heavy atom. The highest BCUT2D eigenvalue weighted by Crippen LogP contribution is 2.21. The van der Waals surface area contributed by atoms with Crippen molar-refractivity contribution in [2.24, 2.45) is 5.73 Å². The number of nitro benzene ring substituents is 1. The molecule has 0 atom stereocenters. The van der Waals surface area contributed by atoms with Crippen LogP contribution in [0.15, 0.2) is 18.2 Å². The van der Waals surface area contributed by atoms with Gasteiger partial charge in [0.2, 0.25) is 5.91 Å². The van der Waals surface area contributed by atoms with Crippen LogP contribution >= 0.6 is 11.6 Å². The molecule has 0 bridgehead atoms. The zero-order valence-corrected chi connectivity index (χ0v) is 7.12. The number of nitrogens with two attached hydrogens (primary N) is 1. The summed E-state index contributed by atoms with van der Waals surface area (Å²) in [6.45, 7) is 0. The third-order valence-electron chi connectivity index (χ3n) is 1.43. The van der Waals surface area contributed by atoms with Gasteiger partial charge in [0.1, 0.15) is 0 Å². The minimum absolute atomic E-state index is 0.0123.